The molecule has 0 bridgehead atoms. The summed E-state index contributed by atoms with van der Waals surface area (Å²) in [6.07, 6.45) is 1.34. The minimum absolute atomic E-state index is 0.0284. The van der Waals surface area contributed by atoms with E-state index in [-0.39, 0.29) is 18.0 Å². The van der Waals surface area contributed by atoms with Crippen LogP contribution in [0.15, 0.2) is 15.9 Å². The lowest BCUT2D eigenvalue weighted by atomic mass is 9.96. The van der Waals surface area contributed by atoms with Gasteiger partial charge in [0.2, 0.25) is 5.91 Å². The third kappa shape index (κ3) is 1.96. The number of carbonyl (C=O) groups excluding carboxylic acids is 1. The number of hydrogen-bond donors (Lipinski definition) is 1. The monoisotopic (exact) mass is 288 g/mol. The van der Waals surface area contributed by atoms with Gasteiger partial charge in [0.1, 0.15) is 0 Å². The van der Waals surface area contributed by atoms with E-state index in [4.69, 9.17) is 5.73 Å². The summed E-state index contributed by atoms with van der Waals surface area (Å²) in [5.74, 6) is 0.182. The summed E-state index contributed by atoms with van der Waals surface area (Å²) in [5.41, 5.74) is 6.08. The van der Waals surface area contributed by atoms with Crippen LogP contribution in [0.25, 0.3) is 0 Å². The Morgan fingerprint density at radius 2 is 2.40 bits per heavy atom. The summed E-state index contributed by atoms with van der Waals surface area (Å²) >= 11 is 5.14. The Morgan fingerprint density at radius 3 is 3.00 bits per heavy atom. The van der Waals surface area contributed by atoms with Gasteiger partial charge in [-0.2, -0.15) is 0 Å². The zero-order chi connectivity index (χ0) is 11.0. The minimum Gasteiger partial charge on any atom is -0.336 e. The lowest BCUT2D eigenvalue weighted by Gasteiger charge is -2.36. The van der Waals surface area contributed by atoms with Crippen LogP contribution in [0.1, 0.15) is 23.8 Å². The first-order valence-electron chi connectivity index (χ1n) is 4.85. The molecule has 2 rings (SSSR count). The molecule has 1 saturated heterocycles. The van der Waals surface area contributed by atoms with E-state index >= 15 is 0 Å². The molecule has 1 aliphatic rings. The number of amides is 1. The molecule has 82 valence electrons. The van der Waals surface area contributed by atoms with E-state index in [9.17, 15) is 4.79 Å². The molecule has 1 aromatic rings. The van der Waals surface area contributed by atoms with Crippen LogP contribution in [0.2, 0.25) is 0 Å². The lowest BCUT2D eigenvalue weighted by Crippen LogP contribution is -2.46. The summed E-state index contributed by atoms with van der Waals surface area (Å²) in [7, 11) is 1.83. The van der Waals surface area contributed by atoms with Crippen molar-refractivity contribution in [2.75, 3.05) is 7.05 Å². The van der Waals surface area contributed by atoms with E-state index in [1.165, 1.54) is 0 Å². The Balaban J connectivity index is 2.33. The fourth-order valence-corrected chi connectivity index (χ4v) is 3.78. The number of likely N-dealkylation sites (tertiary alicyclic amines) is 1. The fourth-order valence-electron chi connectivity index (χ4n) is 1.95. The summed E-state index contributed by atoms with van der Waals surface area (Å²) in [6, 6.07) is 2.07. The van der Waals surface area contributed by atoms with Crippen LogP contribution < -0.4 is 5.73 Å². The number of thiophene rings is 1. The normalized spacial score (nSPS) is 27.1. The number of nitrogens with two attached hydrogens (primary N) is 1. The van der Waals surface area contributed by atoms with Gasteiger partial charge >= 0.3 is 0 Å². The predicted molar refractivity (Wildman–Crippen MR) is 64.7 cm³/mol. The maximum atomic E-state index is 11.6. The van der Waals surface area contributed by atoms with Crippen molar-refractivity contribution in [2.24, 2.45) is 5.73 Å². The van der Waals surface area contributed by atoms with Gasteiger partial charge in [-0.25, -0.2) is 0 Å². The van der Waals surface area contributed by atoms with Crippen LogP contribution in [-0.2, 0) is 4.79 Å². The van der Waals surface area contributed by atoms with E-state index in [0.29, 0.717) is 6.42 Å². The second-order valence-electron chi connectivity index (χ2n) is 3.78. The number of piperidine rings is 1. The summed E-state index contributed by atoms with van der Waals surface area (Å²) < 4.78 is 1.05. The van der Waals surface area contributed by atoms with Crippen molar-refractivity contribution in [3.05, 3.63) is 20.8 Å². The molecule has 2 atom stereocenters. The van der Waals surface area contributed by atoms with Crippen molar-refractivity contribution >= 4 is 33.2 Å². The molecular weight excluding hydrogens is 276 g/mol. The smallest absolute Gasteiger partial charge is 0.222 e. The first kappa shape index (κ1) is 11.1. The van der Waals surface area contributed by atoms with E-state index in [2.05, 4.69) is 15.9 Å². The first-order valence-corrected chi connectivity index (χ1v) is 6.52. The Labute approximate surface area is 101 Å². The largest absolute Gasteiger partial charge is 0.336 e. The van der Waals surface area contributed by atoms with Crippen molar-refractivity contribution in [1.29, 1.82) is 0 Å². The summed E-state index contributed by atoms with van der Waals surface area (Å²) in [4.78, 5) is 14.5. The van der Waals surface area contributed by atoms with Gasteiger partial charge in [-0.15, -0.1) is 11.3 Å². The number of carbonyl (C=O) groups is 1. The Hall–Kier alpha value is -0.390. The third-order valence-corrected chi connectivity index (χ3v) is 4.76. The molecule has 2 N–H and O–H groups in total. The van der Waals surface area contributed by atoms with Gasteiger partial charge in [-0.05, 0) is 33.8 Å². The Morgan fingerprint density at radius 1 is 1.67 bits per heavy atom. The van der Waals surface area contributed by atoms with E-state index < -0.39 is 0 Å². The standard InChI is InChI=1S/C10H13BrN2OS/c1-13-8(14)3-2-7(12)9(13)10-6(11)4-5-15-10/h4-5,7,9H,2-3,12H2,1H3. The van der Waals surface area contributed by atoms with Crippen LogP contribution in [0, 0.1) is 0 Å². The molecule has 0 saturated carbocycles. The lowest BCUT2D eigenvalue weighted by molar-refractivity contribution is -0.135. The van der Waals surface area contributed by atoms with Gasteiger partial charge in [0, 0.05) is 28.9 Å². The highest BCUT2D eigenvalue weighted by molar-refractivity contribution is 9.10. The van der Waals surface area contributed by atoms with E-state index in [0.717, 1.165) is 15.8 Å². The van der Waals surface area contributed by atoms with Crippen LogP contribution in [0.3, 0.4) is 0 Å². The average molecular weight is 289 g/mol. The van der Waals surface area contributed by atoms with Gasteiger partial charge in [0.15, 0.2) is 0 Å². The molecule has 0 radical (unpaired) electrons. The zero-order valence-electron chi connectivity index (χ0n) is 8.44. The number of halogens is 1. The maximum Gasteiger partial charge on any atom is 0.222 e. The van der Waals surface area contributed by atoms with Crippen molar-refractivity contribution in [1.82, 2.24) is 4.90 Å². The van der Waals surface area contributed by atoms with Crippen molar-refractivity contribution in [2.45, 2.75) is 24.9 Å². The van der Waals surface area contributed by atoms with Crippen molar-refractivity contribution < 1.29 is 4.79 Å². The van der Waals surface area contributed by atoms with Crippen LogP contribution in [0.4, 0.5) is 0 Å². The van der Waals surface area contributed by atoms with Gasteiger partial charge in [-0.3, -0.25) is 4.79 Å². The highest BCUT2D eigenvalue weighted by Crippen LogP contribution is 2.37. The molecule has 0 spiro atoms. The topological polar surface area (TPSA) is 46.3 Å². The number of rotatable bonds is 1. The Kier molecular flexibility index (Phi) is 3.13. The fraction of sp³-hybridized carbons (Fsp3) is 0.500. The highest BCUT2D eigenvalue weighted by atomic mass is 79.9. The summed E-state index contributed by atoms with van der Waals surface area (Å²) in [5, 5.41) is 2.01. The second-order valence-corrected chi connectivity index (χ2v) is 5.59. The molecule has 15 heavy (non-hydrogen) atoms. The molecule has 1 aromatic heterocycles. The molecule has 1 amide bonds. The summed E-state index contributed by atoms with van der Waals surface area (Å²) in [6.45, 7) is 0. The van der Waals surface area contributed by atoms with Gasteiger partial charge in [0.05, 0.1) is 6.04 Å². The minimum atomic E-state index is 0.0284. The van der Waals surface area contributed by atoms with Gasteiger partial charge < -0.3 is 10.6 Å². The molecule has 2 unspecified atom stereocenters. The van der Waals surface area contributed by atoms with Crippen molar-refractivity contribution in [3.63, 3.8) is 0 Å². The SMILES string of the molecule is CN1C(=O)CCC(N)C1c1sccc1Br. The molecule has 5 heteroatoms. The molecule has 0 aliphatic carbocycles. The molecule has 1 fully saturated rings. The highest BCUT2D eigenvalue weighted by Gasteiger charge is 2.34. The third-order valence-electron chi connectivity index (χ3n) is 2.82. The molecule has 2 heterocycles. The molecule has 1 aliphatic heterocycles. The number of nitrogens with zero attached hydrogens (tertiary/aromatic N) is 1. The molecule has 3 nitrogen and oxygen atoms in total. The van der Waals surface area contributed by atoms with Crippen LogP contribution in [-0.4, -0.2) is 23.9 Å². The van der Waals surface area contributed by atoms with Gasteiger partial charge in [-0.1, -0.05) is 0 Å². The Bertz CT molecular complexity index is 379. The zero-order valence-corrected chi connectivity index (χ0v) is 10.8. The molecule has 0 aromatic carbocycles. The predicted octanol–water partition coefficient (Wildman–Crippen LogP) is 2.13. The number of hydrogen-bond acceptors (Lipinski definition) is 3. The molecular formula is C10H13BrN2OS. The van der Waals surface area contributed by atoms with Crippen molar-refractivity contribution in [3.8, 4) is 0 Å². The van der Waals surface area contributed by atoms with Gasteiger partial charge in [0.25, 0.3) is 0 Å². The average Bonchev–Trinajstić information content (AvgIpc) is 2.60. The number of likely N-dealkylation sites (N-methyl/N-ethyl adjacent to an activating group) is 1. The quantitative estimate of drug-likeness (QED) is 0.861. The van der Waals surface area contributed by atoms with Crippen LogP contribution in [0.5, 0.6) is 0 Å². The first-order chi connectivity index (χ1) is 7.11. The second kappa shape index (κ2) is 4.23. The van der Waals surface area contributed by atoms with Crippen LogP contribution >= 0.6 is 27.3 Å². The maximum absolute atomic E-state index is 11.6. The van der Waals surface area contributed by atoms with E-state index in [1.54, 1.807) is 16.2 Å². The van der Waals surface area contributed by atoms with E-state index in [1.807, 2.05) is 18.5 Å².